The number of hydrogen-bond acceptors (Lipinski definition) is 5. The van der Waals surface area contributed by atoms with Gasteiger partial charge in [-0.15, -0.1) is 0 Å². The van der Waals surface area contributed by atoms with Gasteiger partial charge in [0.15, 0.2) is 0 Å². The lowest BCUT2D eigenvalue weighted by atomic mass is 9.97. The van der Waals surface area contributed by atoms with Crippen LogP contribution in [0.3, 0.4) is 0 Å². The Morgan fingerprint density at radius 3 is 2.56 bits per heavy atom. The van der Waals surface area contributed by atoms with E-state index < -0.39 is 0 Å². The third kappa shape index (κ3) is 6.62. The van der Waals surface area contributed by atoms with Crippen LogP contribution in [0, 0.1) is 5.92 Å². The maximum Gasteiger partial charge on any atom is 0.234 e. The molecule has 0 bridgehead atoms. The molecule has 25 heavy (non-hydrogen) atoms. The lowest BCUT2D eigenvalue weighted by molar-refractivity contribution is -0.126. The van der Waals surface area contributed by atoms with Gasteiger partial charge in [0.1, 0.15) is 18.1 Å². The Balaban J connectivity index is 1.62. The van der Waals surface area contributed by atoms with Gasteiger partial charge in [0.2, 0.25) is 11.8 Å². The van der Waals surface area contributed by atoms with E-state index in [0.29, 0.717) is 26.3 Å². The lowest BCUT2D eigenvalue weighted by Gasteiger charge is -2.30. The Labute approximate surface area is 148 Å². The second kappa shape index (κ2) is 9.88. The fourth-order valence-corrected chi connectivity index (χ4v) is 2.85. The van der Waals surface area contributed by atoms with Crippen molar-refractivity contribution in [2.75, 3.05) is 39.4 Å². The fraction of sp³-hybridized carbons (Fsp3) is 0.556. The number of piperidine rings is 1. The Bertz CT molecular complexity index is 562. The number of primary amides is 1. The third-order valence-corrected chi connectivity index (χ3v) is 4.10. The van der Waals surface area contributed by atoms with Gasteiger partial charge in [-0.05, 0) is 50.6 Å². The van der Waals surface area contributed by atoms with Crippen molar-refractivity contribution in [1.82, 2.24) is 10.2 Å². The number of carbonyl (C=O) groups is 2. The second-order valence-corrected chi connectivity index (χ2v) is 6.08. The van der Waals surface area contributed by atoms with Gasteiger partial charge >= 0.3 is 0 Å². The molecule has 138 valence electrons. The van der Waals surface area contributed by atoms with Crippen molar-refractivity contribution >= 4 is 11.8 Å². The molecule has 0 aromatic heterocycles. The molecule has 1 saturated heterocycles. The van der Waals surface area contributed by atoms with Gasteiger partial charge in [0.05, 0.1) is 25.6 Å². The summed E-state index contributed by atoms with van der Waals surface area (Å²) in [5.74, 6) is 1.04. The van der Waals surface area contributed by atoms with Crippen molar-refractivity contribution in [2.45, 2.75) is 19.8 Å². The Hall–Kier alpha value is -2.28. The van der Waals surface area contributed by atoms with E-state index in [9.17, 15) is 9.59 Å². The number of benzene rings is 1. The van der Waals surface area contributed by atoms with Crippen LogP contribution in [-0.4, -0.2) is 56.1 Å². The highest BCUT2D eigenvalue weighted by molar-refractivity contribution is 5.79. The first-order valence-electron chi connectivity index (χ1n) is 8.72. The maximum atomic E-state index is 12.0. The minimum atomic E-state index is -0.283. The largest absolute Gasteiger partial charge is 0.494 e. The minimum absolute atomic E-state index is 0.0691. The highest BCUT2D eigenvalue weighted by Crippen LogP contribution is 2.17. The van der Waals surface area contributed by atoms with Crippen molar-refractivity contribution in [3.05, 3.63) is 24.3 Å². The van der Waals surface area contributed by atoms with E-state index in [4.69, 9.17) is 15.2 Å². The predicted octanol–water partition coefficient (Wildman–Crippen LogP) is 0.778. The zero-order valence-corrected chi connectivity index (χ0v) is 14.7. The highest BCUT2D eigenvalue weighted by Gasteiger charge is 2.24. The van der Waals surface area contributed by atoms with Crippen LogP contribution < -0.4 is 20.5 Å². The fourth-order valence-electron chi connectivity index (χ4n) is 2.85. The number of ether oxygens (including phenoxy) is 2. The summed E-state index contributed by atoms with van der Waals surface area (Å²) >= 11 is 0. The molecular weight excluding hydrogens is 322 g/mol. The Morgan fingerprint density at radius 2 is 1.92 bits per heavy atom. The first-order valence-corrected chi connectivity index (χ1v) is 8.72. The molecule has 0 spiro atoms. The average Bonchev–Trinajstić information content (AvgIpc) is 2.60. The summed E-state index contributed by atoms with van der Waals surface area (Å²) in [7, 11) is 0. The molecular formula is C18H27N3O4. The number of rotatable bonds is 9. The summed E-state index contributed by atoms with van der Waals surface area (Å²) < 4.78 is 10.9. The zero-order valence-electron chi connectivity index (χ0n) is 14.7. The number of nitrogens with one attached hydrogen (secondary N) is 1. The van der Waals surface area contributed by atoms with E-state index in [-0.39, 0.29) is 24.3 Å². The van der Waals surface area contributed by atoms with Crippen LogP contribution in [0.1, 0.15) is 19.8 Å². The van der Waals surface area contributed by atoms with Gasteiger partial charge in [0, 0.05) is 6.54 Å². The SMILES string of the molecule is CCOc1ccc(OCCNC(=O)CN2CCC[C@@H](C(N)=O)C2)cc1. The van der Waals surface area contributed by atoms with Crippen LogP contribution in [0.15, 0.2) is 24.3 Å². The van der Waals surface area contributed by atoms with E-state index in [1.54, 1.807) is 0 Å². The van der Waals surface area contributed by atoms with Crippen molar-refractivity contribution in [3.63, 3.8) is 0 Å². The molecule has 1 fully saturated rings. The van der Waals surface area contributed by atoms with Crippen molar-refractivity contribution in [3.8, 4) is 11.5 Å². The standard InChI is InChI=1S/C18H27N3O4/c1-2-24-15-5-7-16(8-6-15)25-11-9-20-17(22)13-21-10-3-4-14(12-21)18(19)23/h5-8,14H,2-4,9-13H2,1H3,(H2,19,23)(H,20,22)/t14-/m1/s1. The normalized spacial score (nSPS) is 17.7. The number of hydrogen-bond donors (Lipinski definition) is 2. The first-order chi connectivity index (χ1) is 12.1. The lowest BCUT2D eigenvalue weighted by Crippen LogP contribution is -2.46. The van der Waals surface area contributed by atoms with Crippen molar-refractivity contribution in [1.29, 1.82) is 0 Å². The van der Waals surface area contributed by atoms with E-state index >= 15 is 0 Å². The molecule has 1 aromatic rings. The molecule has 1 aliphatic rings. The number of carbonyl (C=O) groups excluding carboxylic acids is 2. The summed E-state index contributed by atoms with van der Waals surface area (Å²) in [5.41, 5.74) is 5.35. The van der Waals surface area contributed by atoms with E-state index in [1.165, 1.54) is 0 Å². The molecule has 3 N–H and O–H groups in total. The average molecular weight is 349 g/mol. The van der Waals surface area contributed by atoms with Gasteiger partial charge in [-0.3, -0.25) is 14.5 Å². The molecule has 0 aliphatic carbocycles. The first kappa shape index (κ1) is 19.1. The van der Waals surface area contributed by atoms with Crippen molar-refractivity contribution < 1.29 is 19.1 Å². The molecule has 0 unspecified atom stereocenters. The summed E-state index contributed by atoms with van der Waals surface area (Å²) in [6.07, 6.45) is 1.70. The van der Waals surface area contributed by atoms with Gasteiger partial charge in [-0.25, -0.2) is 0 Å². The van der Waals surface area contributed by atoms with Crippen molar-refractivity contribution in [2.24, 2.45) is 11.7 Å². The predicted molar refractivity (Wildman–Crippen MR) is 94.5 cm³/mol. The minimum Gasteiger partial charge on any atom is -0.494 e. The van der Waals surface area contributed by atoms with Gasteiger partial charge < -0.3 is 20.5 Å². The molecule has 7 nitrogen and oxygen atoms in total. The van der Waals surface area contributed by atoms with Crippen LogP contribution in [0.2, 0.25) is 0 Å². The van der Waals surface area contributed by atoms with E-state index in [1.807, 2.05) is 36.1 Å². The number of nitrogens with zero attached hydrogens (tertiary/aromatic N) is 1. The van der Waals surface area contributed by atoms with Crippen LogP contribution >= 0.6 is 0 Å². The van der Waals surface area contributed by atoms with Gasteiger partial charge in [0.25, 0.3) is 0 Å². The van der Waals surface area contributed by atoms with E-state index in [2.05, 4.69) is 5.32 Å². The summed E-state index contributed by atoms with van der Waals surface area (Å²) in [6, 6.07) is 7.38. The molecule has 0 radical (unpaired) electrons. The monoisotopic (exact) mass is 349 g/mol. The van der Waals surface area contributed by atoms with Crippen LogP contribution in [0.4, 0.5) is 0 Å². The highest BCUT2D eigenvalue weighted by atomic mass is 16.5. The Kier molecular flexibility index (Phi) is 7.53. The maximum absolute atomic E-state index is 12.0. The molecule has 1 atom stereocenters. The van der Waals surface area contributed by atoms with Crippen LogP contribution in [0.5, 0.6) is 11.5 Å². The summed E-state index contributed by atoms with van der Waals surface area (Å²) in [5, 5.41) is 2.83. The summed E-state index contributed by atoms with van der Waals surface area (Å²) in [6.45, 7) is 5.05. The number of nitrogens with two attached hydrogens (primary N) is 1. The molecule has 2 amide bonds. The number of amides is 2. The summed E-state index contributed by atoms with van der Waals surface area (Å²) in [4.78, 5) is 25.2. The molecule has 1 aromatic carbocycles. The van der Waals surface area contributed by atoms with Crippen LogP contribution in [-0.2, 0) is 9.59 Å². The van der Waals surface area contributed by atoms with Gasteiger partial charge in [-0.2, -0.15) is 0 Å². The smallest absolute Gasteiger partial charge is 0.234 e. The number of likely N-dealkylation sites (tertiary alicyclic amines) is 1. The Morgan fingerprint density at radius 1 is 1.24 bits per heavy atom. The quantitative estimate of drug-likeness (QED) is 0.643. The van der Waals surface area contributed by atoms with Gasteiger partial charge in [-0.1, -0.05) is 0 Å². The third-order valence-electron chi connectivity index (χ3n) is 4.10. The molecule has 1 aliphatic heterocycles. The molecule has 7 heteroatoms. The zero-order chi connectivity index (χ0) is 18.1. The molecule has 0 saturated carbocycles. The van der Waals surface area contributed by atoms with Crippen LogP contribution in [0.25, 0.3) is 0 Å². The second-order valence-electron chi connectivity index (χ2n) is 6.08. The molecule has 2 rings (SSSR count). The molecule has 1 heterocycles. The van der Waals surface area contributed by atoms with E-state index in [0.717, 1.165) is 30.9 Å². The topological polar surface area (TPSA) is 93.9 Å².